The summed E-state index contributed by atoms with van der Waals surface area (Å²) in [5.74, 6) is -0.976. The van der Waals surface area contributed by atoms with Gasteiger partial charge in [0, 0.05) is 18.3 Å². The Morgan fingerprint density at radius 2 is 1.67 bits per heavy atom. The number of aliphatic carboxylic acids is 2. The highest BCUT2D eigenvalue weighted by Gasteiger charge is 2.67. The Labute approximate surface area is 231 Å². The lowest BCUT2D eigenvalue weighted by Gasteiger charge is -2.64. The van der Waals surface area contributed by atoms with Gasteiger partial charge in [0.15, 0.2) is 5.78 Å². The van der Waals surface area contributed by atoms with Crippen molar-refractivity contribution in [2.45, 2.75) is 122 Å². The molecule has 39 heavy (non-hydrogen) atoms. The van der Waals surface area contributed by atoms with Crippen LogP contribution < -0.4 is 0 Å². The van der Waals surface area contributed by atoms with Crippen LogP contribution in [-0.2, 0) is 14.4 Å². The summed E-state index contributed by atoms with van der Waals surface area (Å²) in [6.45, 7) is 9.63. The molecule has 0 aromatic rings. The molecule has 0 aromatic heterocycles. The van der Waals surface area contributed by atoms with Crippen molar-refractivity contribution in [2.75, 3.05) is 0 Å². The van der Waals surface area contributed by atoms with Gasteiger partial charge in [-0.05, 0) is 93.8 Å². The highest BCUT2D eigenvalue weighted by molar-refractivity contribution is 5.86. The highest BCUT2D eigenvalue weighted by atomic mass is 16.4. The predicted molar refractivity (Wildman–Crippen MR) is 145 cm³/mol. The smallest absolute Gasteiger partial charge is 0.306 e. The molecule has 0 spiro atoms. The van der Waals surface area contributed by atoms with Crippen LogP contribution >= 0.6 is 0 Å². The van der Waals surface area contributed by atoms with Gasteiger partial charge in [-0.2, -0.15) is 0 Å². The maximum atomic E-state index is 12.4. The van der Waals surface area contributed by atoms with E-state index in [1.54, 1.807) is 13.8 Å². The standard InChI is InChI=1S/C31H48O8/c1-18(6-11-24(32)27(2,3)37)21-9-10-22-20-8-7-19-14-30(38,15-25(33)34)17-31(39,16-26(35)36)29(19,5)23(20)12-13-28(21,22)4/h7,18,20-23,37-39H,6,8-17H2,1-5H3,(H,33,34)(H,35,36)/t18-,20+,21-,22+,23+,28-,29+,30+,31+/m1/s1. The summed E-state index contributed by atoms with van der Waals surface area (Å²) < 4.78 is 0. The number of Topliss-reactive ketones (excluding diaryl/α,β-unsaturated/α-hetero) is 1. The first-order valence-electron chi connectivity index (χ1n) is 14.7. The monoisotopic (exact) mass is 548 g/mol. The van der Waals surface area contributed by atoms with Crippen molar-refractivity contribution < 1.29 is 39.9 Å². The van der Waals surface area contributed by atoms with E-state index in [2.05, 4.69) is 19.9 Å². The zero-order valence-corrected chi connectivity index (χ0v) is 24.2. The van der Waals surface area contributed by atoms with E-state index in [1.807, 2.05) is 6.92 Å². The van der Waals surface area contributed by atoms with E-state index in [-0.39, 0.29) is 35.9 Å². The van der Waals surface area contributed by atoms with Crippen molar-refractivity contribution in [3.8, 4) is 0 Å². The fourth-order valence-corrected chi connectivity index (χ4v) is 9.85. The van der Waals surface area contributed by atoms with Gasteiger partial charge >= 0.3 is 11.9 Å². The van der Waals surface area contributed by atoms with Crippen molar-refractivity contribution in [1.29, 1.82) is 0 Å². The average molecular weight is 549 g/mol. The largest absolute Gasteiger partial charge is 0.481 e. The fourth-order valence-electron chi connectivity index (χ4n) is 9.85. The number of carboxylic acids is 2. The number of hydrogen-bond donors (Lipinski definition) is 5. The lowest BCUT2D eigenvalue weighted by molar-refractivity contribution is -0.200. The van der Waals surface area contributed by atoms with Crippen molar-refractivity contribution in [1.82, 2.24) is 0 Å². The summed E-state index contributed by atoms with van der Waals surface area (Å²) in [6.07, 6.45) is 6.63. The average Bonchev–Trinajstić information content (AvgIpc) is 3.13. The van der Waals surface area contributed by atoms with Crippen LogP contribution in [0.3, 0.4) is 0 Å². The molecule has 0 saturated heterocycles. The van der Waals surface area contributed by atoms with Crippen LogP contribution in [0, 0.1) is 40.4 Å². The van der Waals surface area contributed by atoms with Gasteiger partial charge in [0.05, 0.1) is 24.0 Å². The molecule has 0 unspecified atom stereocenters. The molecule has 3 fully saturated rings. The molecule has 220 valence electrons. The Balaban J connectivity index is 1.62. The molecule has 0 aliphatic heterocycles. The van der Waals surface area contributed by atoms with Crippen LogP contribution in [0.5, 0.6) is 0 Å². The Bertz CT molecular complexity index is 1040. The molecule has 0 amide bonds. The minimum atomic E-state index is -1.76. The molecule has 0 radical (unpaired) electrons. The summed E-state index contributed by atoms with van der Waals surface area (Å²) in [6, 6.07) is 0. The second-order valence-electron chi connectivity index (χ2n) is 14.5. The normalized spacial score (nSPS) is 42.5. The molecule has 0 bridgehead atoms. The van der Waals surface area contributed by atoms with Gasteiger partial charge in [-0.1, -0.05) is 32.4 Å². The van der Waals surface area contributed by atoms with E-state index in [0.29, 0.717) is 24.2 Å². The van der Waals surface area contributed by atoms with E-state index in [9.17, 15) is 39.9 Å². The van der Waals surface area contributed by atoms with Crippen LogP contribution in [0.4, 0.5) is 0 Å². The van der Waals surface area contributed by atoms with E-state index < -0.39 is 47.0 Å². The predicted octanol–water partition coefficient (Wildman–Crippen LogP) is 4.34. The summed E-state index contributed by atoms with van der Waals surface area (Å²) >= 11 is 0. The Morgan fingerprint density at radius 1 is 1.03 bits per heavy atom. The lowest BCUT2D eigenvalue weighted by atomic mass is 9.42. The van der Waals surface area contributed by atoms with E-state index in [4.69, 9.17) is 0 Å². The zero-order chi connectivity index (χ0) is 29.2. The molecule has 8 heteroatoms. The van der Waals surface area contributed by atoms with Crippen LogP contribution in [0.15, 0.2) is 11.6 Å². The minimum Gasteiger partial charge on any atom is -0.481 e. The minimum absolute atomic E-state index is 0.0418. The Hall–Kier alpha value is -1.77. The van der Waals surface area contributed by atoms with Gasteiger partial charge in [0.25, 0.3) is 0 Å². The number of carbonyl (C=O) groups is 3. The molecule has 4 aliphatic carbocycles. The molecule has 4 aliphatic rings. The van der Waals surface area contributed by atoms with Gasteiger partial charge < -0.3 is 25.5 Å². The van der Waals surface area contributed by atoms with Crippen molar-refractivity contribution in [2.24, 2.45) is 40.4 Å². The molecule has 8 nitrogen and oxygen atoms in total. The van der Waals surface area contributed by atoms with Gasteiger partial charge in [0.1, 0.15) is 5.60 Å². The first kappa shape index (κ1) is 30.2. The van der Waals surface area contributed by atoms with E-state index in [0.717, 1.165) is 44.1 Å². The number of rotatable bonds is 9. The summed E-state index contributed by atoms with van der Waals surface area (Å²) in [7, 11) is 0. The zero-order valence-electron chi connectivity index (χ0n) is 24.2. The SMILES string of the molecule is C[C@H](CCC(=O)C(C)(C)O)[C@H]1CC[C@H]2[C@@H]3CC=C4C[C@](O)(CC(=O)O)C[C@@](O)(CC(=O)O)[C@]4(C)[C@H]3CC[C@]12C. The number of aliphatic hydroxyl groups is 3. The van der Waals surface area contributed by atoms with Crippen molar-refractivity contribution >= 4 is 17.7 Å². The summed E-state index contributed by atoms with van der Waals surface area (Å²) in [5, 5.41) is 52.6. The second kappa shape index (κ2) is 9.95. The summed E-state index contributed by atoms with van der Waals surface area (Å²) in [4.78, 5) is 35.9. The third-order valence-corrected chi connectivity index (χ3v) is 11.8. The van der Waals surface area contributed by atoms with Crippen LogP contribution in [-0.4, -0.2) is 60.1 Å². The number of allylic oxidation sites excluding steroid dienone is 1. The first-order valence-corrected chi connectivity index (χ1v) is 14.7. The second-order valence-corrected chi connectivity index (χ2v) is 14.5. The van der Waals surface area contributed by atoms with Crippen LogP contribution in [0.2, 0.25) is 0 Å². The Morgan fingerprint density at radius 3 is 2.26 bits per heavy atom. The lowest BCUT2D eigenvalue weighted by Crippen LogP contribution is -2.65. The maximum absolute atomic E-state index is 12.4. The topological polar surface area (TPSA) is 152 Å². The molecule has 4 rings (SSSR count). The molecule has 9 atom stereocenters. The van der Waals surface area contributed by atoms with E-state index in [1.165, 1.54) is 0 Å². The number of carboxylic acid groups (broad SMARTS) is 2. The third-order valence-electron chi connectivity index (χ3n) is 11.8. The van der Waals surface area contributed by atoms with Gasteiger partial charge in [0.2, 0.25) is 0 Å². The van der Waals surface area contributed by atoms with Crippen molar-refractivity contribution in [3.05, 3.63) is 11.6 Å². The number of carbonyl (C=O) groups excluding carboxylic acids is 1. The third kappa shape index (κ3) is 5.10. The van der Waals surface area contributed by atoms with Gasteiger partial charge in [-0.25, -0.2) is 0 Å². The molecular formula is C31H48O8. The number of hydrogen-bond acceptors (Lipinski definition) is 6. The molecular weight excluding hydrogens is 500 g/mol. The molecule has 0 aromatic carbocycles. The quantitative estimate of drug-likeness (QED) is 0.267. The molecule has 5 N–H and O–H groups in total. The fraction of sp³-hybridized carbons (Fsp3) is 0.839. The van der Waals surface area contributed by atoms with Gasteiger partial charge in [-0.15, -0.1) is 0 Å². The van der Waals surface area contributed by atoms with E-state index >= 15 is 0 Å². The first-order chi connectivity index (χ1) is 17.9. The Kier molecular flexibility index (Phi) is 7.70. The number of ketones is 1. The molecule has 3 saturated carbocycles. The number of fused-ring (bicyclic) bond motifs is 5. The maximum Gasteiger partial charge on any atom is 0.306 e. The summed E-state index contributed by atoms with van der Waals surface area (Å²) in [5.41, 5.74) is -4.74. The molecule has 0 heterocycles. The highest BCUT2D eigenvalue weighted by Crippen LogP contribution is 2.70. The van der Waals surface area contributed by atoms with Crippen molar-refractivity contribution in [3.63, 3.8) is 0 Å². The van der Waals surface area contributed by atoms with Crippen LogP contribution in [0.1, 0.15) is 105 Å². The van der Waals surface area contributed by atoms with Crippen LogP contribution in [0.25, 0.3) is 0 Å². The van der Waals surface area contributed by atoms with Gasteiger partial charge in [-0.3, -0.25) is 14.4 Å².